The Labute approximate surface area is 98.6 Å². The van der Waals surface area contributed by atoms with Crippen LogP contribution in [0, 0.1) is 10.1 Å². The average Bonchev–Trinajstić information content (AvgIpc) is 2.28. The molecule has 0 saturated heterocycles. The summed E-state index contributed by atoms with van der Waals surface area (Å²) in [6.45, 7) is 4.69. The molecule has 0 spiro atoms. The van der Waals surface area contributed by atoms with Gasteiger partial charge < -0.3 is 15.4 Å². The maximum Gasteiger partial charge on any atom is 0.353 e. The molecule has 1 aromatic rings. The highest BCUT2D eigenvalue weighted by molar-refractivity contribution is 5.70. The predicted octanol–water partition coefficient (Wildman–Crippen LogP) is 1.26. The number of hydrogen-bond donors (Lipinski definition) is 2. The zero-order valence-electron chi connectivity index (χ0n) is 9.98. The highest BCUT2D eigenvalue weighted by Crippen LogP contribution is 2.31. The van der Waals surface area contributed by atoms with E-state index >= 15 is 0 Å². The molecule has 0 amide bonds. The SMILES string of the molecule is CCNc1nc(OC)nc(NCC)c1[N+](=O)[O-]. The third kappa shape index (κ3) is 2.92. The van der Waals surface area contributed by atoms with Gasteiger partial charge in [0.15, 0.2) is 0 Å². The molecule has 0 fully saturated rings. The summed E-state index contributed by atoms with van der Waals surface area (Å²) in [4.78, 5) is 18.3. The van der Waals surface area contributed by atoms with E-state index in [1.54, 1.807) is 0 Å². The van der Waals surface area contributed by atoms with Gasteiger partial charge in [0.25, 0.3) is 0 Å². The van der Waals surface area contributed by atoms with Crippen molar-refractivity contribution >= 4 is 17.3 Å². The van der Waals surface area contributed by atoms with Crippen LogP contribution in [0.3, 0.4) is 0 Å². The highest BCUT2D eigenvalue weighted by Gasteiger charge is 2.24. The van der Waals surface area contributed by atoms with Crippen LogP contribution in [-0.2, 0) is 0 Å². The molecule has 1 aromatic heterocycles. The smallest absolute Gasteiger partial charge is 0.353 e. The first-order valence-electron chi connectivity index (χ1n) is 5.22. The molecule has 1 rings (SSSR count). The van der Waals surface area contributed by atoms with Gasteiger partial charge in [-0.15, -0.1) is 0 Å². The summed E-state index contributed by atoms with van der Waals surface area (Å²) >= 11 is 0. The van der Waals surface area contributed by atoms with E-state index in [0.29, 0.717) is 13.1 Å². The molecule has 0 aliphatic heterocycles. The second-order valence-corrected chi connectivity index (χ2v) is 3.07. The maximum atomic E-state index is 11.0. The fourth-order valence-corrected chi connectivity index (χ4v) is 1.28. The van der Waals surface area contributed by atoms with Gasteiger partial charge in [-0.25, -0.2) is 0 Å². The molecule has 8 nitrogen and oxygen atoms in total. The Bertz CT molecular complexity index is 383. The van der Waals surface area contributed by atoms with Crippen molar-refractivity contribution in [1.29, 1.82) is 0 Å². The quantitative estimate of drug-likeness (QED) is 0.570. The Morgan fingerprint density at radius 3 is 2.00 bits per heavy atom. The monoisotopic (exact) mass is 241 g/mol. The first kappa shape index (κ1) is 12.9. The normalized spacial score (nSPS) is 9.82. The minimum atomic E-state index is -0.518. The minimum Gasteiger partial charge on any atom is -0.467 e. The van der Waals surface area contributed by atoms with E-state index in [1.807, 2.05) is 13.8 Å². The molecular formula is C9H15N5O3. The summed E-state index contributed by atoms with van der Waals surface area (Å²) in [5, 5.41) is 16.6. The second-order valence-electron chi connectivity index (χ2n) is 3.07. The summed E-state index contributed by atoms with van der Waals surface area (Å²) in [6, 6.07) is 0.0856. The zero-order chi connectivity index (χ0) is 12.8. The number of nitrogens with zero attached hydrogens (tertiary/aromatic N) is 3. The lowest BCUT2D eigenvalue weighted by atomic mass is 10.4. The number of ether oxygens (including phenoxy) is 1. The molecule has 0 bridgehead atoms. The number of nitro groups is 1. The summed E-state index contributed by atoms with van der Waals surface area (Å²) in [7, 11) is 1.41. The molecule has 1 heterocycles. The van der Waals surface area contributed by atoms with Crippen LogP contribution in [0.1, 0.15) is 13.8 Å². The van der Waals surface area contributed by atoms with Gasteiger partial charge in [0.05, 0.1) is 12.0 Å². The standard InChI is InChI=1S/C9H15N5O3/c1-4-10-7-6(14(15)16)8(11-5-2)13-9(12-7)17-3/h4-5H2,1-3H3,(H2,10,11,12,13). The van der Waals surface area contributed by atoms with E-state index in [4.69, 9.17) is 4.74 Å². The molecule has 0 atom stereocenters. The molecule has 0 saturated carbocycles. The maximum absolute atomic E-state index is 11.0. The van der Waals surface area contributed by atoms with Crippen LogP contribution in [0.5, 0.6) is 6.01 Å². The average molecular weight is 241 g/mol. The van der Waals surface area contributed by atoms with Crippen LogP contribution < -0.4 is 15.4 Å². The van der Waals surface area contributed by atoms with Gasteiger partial charge in [-0.3, -0.25) is 10.1 Å². The minimum absolute atomic E-state index is 0.0856. The molecule has 0 aromatic carbocycles. The fraction of sp³-hybridized carbons (Fsp3) is 0.556. The fourth-order valence-electron chi connectivity index (χ4n) is 1.28. The largest absolute Gasteiger partial charge is 0.467 e. The first-order valence-corrected chi connectivity index (χ1v) is 5.22. The van der Waals surface area contributed by atoms with E-state index in [-0.39, 0.29) is 23.3 Å². The zero-order valence-corrected chi connectivity index (χ0v) is 9.98. The summed E-state index contributed by atoms with van der Waals surface area (Å²) in [6.07, 6.45) is 0. The van der Waals surface area contributed by atoms with Crippen molar-refractivity contribution in [3.63, 3.8) is 0 Å². The highest BCUT2D eigenvalue weighted by atomic mass is 16.6. The van der Waals surface area contributed by atoms with Gasteiger partial charge in [-0.2, -0.15) is 9.97 Å². The molecule has 94 valence electrons. The Morgan fingerprint density at radius 2 is 1.71 bits per heavy atom. The van der Waals surface area contributed by atoms with Gasteiger partial charge in [0.2, 0.25) is 11.6 Å². The van der Waals surface area contributed by atoms with Gasteiger partial charge in [0.1, 0.15) is 0 Å². The third-order valence-electron chi connectivity index (χ3n) is 1.92. The van der Waals surface area contributed by atoms with E-state index in [0.717, 1.165) is 0 Å². The van der Waals surface area contributed by atoms with Crippen LogP contribution in [0.2, 0.25) is 0 Å². The molecular weight excluding hydrogens is 226 g/mol. The Morgan fingerprint density at radius 1 is 1.24 bits per heavy atom. The van der Waals surface area contributed by atoms with Crippen molar-refractivity contribution in [2.45, 2.75) is 13.8 Å². The molecule has 0 aliphatic carbocycles. The van der Waals surface area contributed by atoms with E-state index in [9.17, 15) is 10.1 Å². The number of hydrogen-bond acceptors (Lipinski definition) is 7. The number of anilines is 2. The Kier molecular flexibility index (Phi) is 4.44. The van der Waals surface area contributed by atoms with Gasteiger partial charge in [-0.05, 0) is 13.8 Å². The summed E-state index contributed by atoms with van der Waals surface area (Å²) in [5.74, 6) is 0.306. The number of rotatable bonds is 6. The van der Waals surface area contributed by atoms with E-state index < -0.39 is 4.92 Å². The van der Waals surface area contributed by atoms with Crippen molar-refractivity contribution < 1.29 is 9.66 Å². The van der Waals surface area contributed by atoms with Crippen LogP contribution in [-0.4, -0.2) is 35.1 Å². The van der Waals surface area contributed by atoms with Crippen molar-refractivity contribution in [3.05, 3.63) is 10.1 Å². The lowest BCUT2D eigenvalue weighted by Gasteiger charge is -2.09. The first-order chi connectivity index (χ1) is 8.13. The Hall–Kier alpha value is -2.12. The van der Waals surface area contributed by atoms with E-state index in [2.05, 4.69) is 20.6 Å². The molecule has 17 heavy (non-hydrogen) atoms. The number of nitrogens with one attached hydrogen (secondary N) is 2. The molecule has 8 heteroatoms. The van der Waals surface area contributed by atoms with Crippen LogP contribution in [0.25, 0.3) is 0 Å². The molecule has 0 radical (unpaired) electrons. The number of aromatic nitrogens is 2. The van der Waals surface area contributed by atoms with Crippen LogP contribution >= 0.6 is 0 Å². The van der Waals surface area contributed by atoms with Crippen molar-refractivity contribution in [1.82, 2.24) is 9.97 Å². The van der Waals surface area contributed by atoms with Crippen LogP contribution in [0.4, 0.5) is 17.3 Å². The van der Waals surface area contributed by atoms with Crippen LogP contribution in [0.15, 0.2) is 0 Å². The molecule has 0 unspecified atom stereocenters. The third-order valence-corrected chi connectivity index (χ3v) is 1.92. The van der Waals surface area contributed by atoms with Gasteiger partial charge >= 0.3 is 11.7 Å². The topological polar surface area (TPSA) is 102 Å². The molecule has 2 N–H and O–H groups in total. The Balaban J connectivity index is 3.32. The summed E-state index contributed by atoms with van der Waals surface area (Å²) < 4.78 is 4.90. The van der Waals surface area contributed by atoms with E-state index in [1.165, 1.54) is 7.11 Å². The second kappa shape index (κ2) is 5.83. The van der Waals surface area contributed by atoms with Crippen molar-refractivity contribution in [2.24, 2.45) is 0 Å². The van der Waals surface area contributed by atoms with Crippen molar-refractivity contribution in [3.8, 4) is 6.01 Å². The lowest BCUT2D eigenvalue weighted by molar-refractivity contribution is -0.383. The van der Waals surface area contributed by atoms with Gasteiger partial charge in [-0.1, -0.05) is 0 Å². The van der Waals surface area contributed by atoms with Crippen molar-refractivity contribution in [2.75, 3.05) is 30.8 Å². The summed E-state index contributed by atoms with van der Waals surface area (Å²) in [5.41, 5.74) is -0.172. The lowest BCUT2D eigenvalue weighted by Crippen LogP contribution is -2.11. The van der Waals surface area contributed by atoms with Gasteiger partial charge in [0, 0.05) is 13.1 Å². The number of methoxy groups -OCH3 is 1. The molecule has 0 aliphatic rings. The predicted molar refractivity (Wildman–Crippen MR) is 63.6 cm³/mol.